The standard InChI is InChI=1S/C14H16ClNO/c15-13(11-12-7-3-1-4-8-12)14(17)16-9-5-2-6-10-16/h1,3-4,7-8,11H,2,5-6,9-10H2. The lowest BCUT2D eigenvalue weighted by Gasteiger charge is -2.26. The van der Waals surface area contributed by atoms with Crippen molar-refractivity contribution in [3.8, 4) is 0 Å². The van der Waals surface area contributed by atoms with Crippen LogP contribution in [-0.2, 0) is 4.79 Å². The van der Waals surface area contributed by atoms with Crippen LogP contribution >= 0.6 is 11.6 Å². The summed E-state index contributed by atoms with van der Waals surface area (Å²) in [5, 5.41) is 0.304. The van der Waals surface area contributed by atoms with E-state index < -0.39 is 0 Å². The summed E-state index contributed by atoms with van der Waals surface area (Å²) in [7, 11) is 0. The normalized spacial score (nSPS) is 17.0. The number of amides is 1. The highest BCUT2D eigenvalue weighted by Crippen LogP contribution is 2.16. The van der Waals surface area contributed by atoms with Crippen molar-refractivity contribution in [3.05, 3.63) is 40.9 Å². The molecule has 0 atom stereocenters. The Morgan fingerprint density at radius 3 is 2.41 bits per heavy atom. The zero-order valence-corrected chi connectivity index (χ0v) is 10.5. The van der Waals surface area contributed by atoms with Crippen molar-refractivity contribution in [2.75, 3.05) is 13.1 Å². The summed E-state index contributed by atoms with van der Waals surface area (Å²) in [5.41, 5.74) is 0.961. The summed E-state index contributed by atoms with van der Waals surface area (Å²) >= 11 is 6.07. The van der Waals surface area contributed by atoms with Crippen LogP contribution in [0.1, 0.15) is 24.8 Å². The van der Waals surface area contributed by atoms with Crippen LogP contribution in [-0.4, -0.2) is 23.9 Å². The maximum absolute atomic E-state index is 12.0. The second-order valence-electron chi connectivity index (χ2n) is 4.26. The second-order valence-corrected chi connectivity index (χ2v) is 4.66. The number of carbonyl (C=O) groups excluding carboxylic acids is 1. The van der Waals surface area contributed by atoms with Crippen molar-refractivity contribution in [2.45, 2.75) is 19.3 Å². The first-order chi connectivity index (χ1) is 8.27. The van der Waals surface area contributed by atoms with Crippen LogP contribution in [0.25, 0.3) is 6.08 Å². The van der Waals surface area contributed by atoms with Gasteiger partial charge in [-0.2, -0.15) is 0 Å². The van der Waals surface area contributed by atoms with Gasteiger partial charge in [-0.15, -0.1) is 0 Å². The highest BCUT2D eigenvalue weighted by molar-refractivity contribution is 6.44. The molecule has 0 N–H and O–H groups in total. The predicted octanol–water partition coefficient (Wildman–Crippen LogP) is 3.28. The van der Waals surface area contributed by atoms with Gasteiger partial charge in [0.2, 0.25) is 0 Å². The second kappa shape index (κ2) is 5.87. The van der Waals surface area contributed by atoms with E-state index in [9.17, 15) is 4.79 Å². The van der Waals surface area contributed by atoms with Gasteiger partial charge in [-0.3, -0.25) is 4.79 Å². The summed E-state index contributed by atoms with van der Waals surface area (Å²) in [6.07, 6.45) is 5.12. The molecule has 1 fully saturated rings. The molecule has 1 aromatic rings. The molecule has 0 spiro atoms. The molecule has 0 aliphatic carbocycles. The number of benzene rings is 1. The summed E-state index contributed by atoms with van der Waals surface area (Å²) in [5.74, 6) is -0.0461. The Kier molecular flexibility index (Phi) is 4.21. The first-order valence-electron chi connectivity index (χ1n) is 5.99. The Morgan fingerprint density at radius 2 is 1.76 bits per heavy atom. The van der Waals surface area contributed by atoms with E-state index in [2.05, 4.69) is 0 Å². The Hall–Kier alpha value is -1.28. The maximum atomic E-state index is 12.0. The van der Waals surface area contributed by atoms with Crippen LogP contribution in [0.5, 0.6) is 0 Å². The molecule has 0 bridgehead atoms. The van der Waals surface area contributed by atoms with Gasteiger partial charge < -0.3 is 4.90 Å². The number of rotatable bonds is 2. The van der Waals surface area contributed by atoms with Gasteiger partial charge in [0.15, 0.2) is 0 Å². The van der Waals surface area contributed by atoms with Crippen LogP contribution in [0.3, 0.4) is 0 Å². The number of hydrogen-bond donors (Lipinski definition) is 0. The highest BCUT2D eigenvalue weighted by atomic mass is 35.5. The fourth-order valence-electron chi connectivity index (χ4n) is 2.01. The minimum absolute atomic E-state index is 0.0461. The topological polar surface area (TPSA) is 20.3 Å². The number of carbonyl (C=O) groups is 1. The van der Waals surface area contributed by atoms with E-state index in [0.29, 0.717) is 5.03 Å². The summed E-state index contributed by atoms with van der Waals surface area (Å²) in [6.45, 7) is 1.66. The molecule has 0 aromatic heterocycles. The molecule has 1 aromatic carbocycles. The summed E-state index contributed by atoms with van der Waals surface area (Å²) in [4.78, 5) is 13.9. The molecule has 3 heteroatoms. The number of piperidine rings is 1. The summed E-state index contributed by atoms with van der Waals surface area (Å²) in [6, 6.07) is 9.68. The quantitative estimate of drug-likeness (QED) is 0.737. The van der Waals surface area contributed by atoms with Crippen LogP contribution < -0.4 is 0 Å². The highest BCUT2D eigenvalue weighted by Gasteiger charge is 2.18. The lowest BCUT2D eigenvalue weighted by Crippen LogP contribution is -2.35. The minimum atomic E-state index is -0.0461. The molecule has 0 saturated carbocycles. The van der Waals surface area contributed by atoms with Gasteiger partial charge in [-0.25, -0.2) is 0 Å². The van der Waals surface area contributed by atoms with Crippen molar-refractivity contribution in [2.24, 2.45) is 0 Å². The monoisotopic (exact) mass is 249 g/mol. The molecular weight excluding hydrogens is 234 g/mol. The lowest BCUT2D eigenvalue weighted by molar-refractivity contribution is -0.127. The molecule has 0 radical (unpaired) electrons. The van der Waals surface area contributed by atoms with E-state index in [4.69, 9.17) is 11.6 Å². The Labute approximate surface area is 107 Å². The smallest absolute Gasteiger partial charge is 0.265 e. The molecule has 2 rings (SSSR count). The number of likely N-dealkylation sites (tertiary alicyclic amines) is 1. The Balaban J connectivity index is 2.06. The van der Waals surface area contributed by atoms with E-state index in [-0.39, 0.29) is 5.91 Å². The molecule has 17 heavy (non-hydrogen) atoms. The average molecular weight is 250 g/mol. The Morgan fingerprint density at radius 1 is 1.12 bits per heavy atom. The molecule has 1 saturated heterocycles. The fourth-order valence-corrected chi connectivity index (χ4v) is 2.25. The molecule has 1 heterocycles. The van der Waals surface area contributed by atoms with Gasteiger partial charge >= 0.3 is 0 Å². The van der Waals surface area contributed by atoms with E-state index >= 15 is 0 Å². The van der Waals surface area contributed by atoms with Crippen molar-refractivity contribution >= 4 is 23.6 Å². The van der Waals surface area contributed by atoms with Gasteiger partial charge in [-0.1, -0.05) is 41.9 Å². The van der Waals surface area contributed by atoms with E-state index in [1.54, 1.807) is 6.08 Å². The van der Waals surface area contributed by atoms with Gasteiger partial charge in [0.1, 0.15) is 5.03 Å². The fraction of sp³-hybridized carbons (Fsp3) is 0.357. The number of halogens is 1. The molecular formula is C14H16ClNO. The van der Waals surface area contributed by atoms with E-state index in [1.807, 2.05) is 35.2 Å². The van der Waals surface area contributed by atoms with Gasteiger partial charge in [0.05, 0.1) is 0 Å². The number of nitrogens with zero attached hydrogens (tertiary/aromatic N) is 1. The summed E-state index contributed by atoms with van der Waals surface area (Å²) < 4.78 is 0. The van der Waals surface area contributed by atoms with Crippen molar-refractivity contribution in [1.82, 2.24) is 4.90 Å². The van der Waals surface area contributed by atoms with Crippen molar-refractivity contribution < 1.29 is 4.79 Å². The number of hydrogen-bond acceptors (Lipinski definition) is 1. The van der Waals surface area contributed by atoms with Gasteiger partial charge in [0.25, 0.3) is 5.91 Å². The van der Waals surface area contributed by atoms with Crippen LogP contribution in [0.2, 0.25) is 0 Å². The zero-order chi connectivity index (χ0) is 12.1. The molecule has 0 unspecified atom stereocenters. The van der Waals surface area contributed by atoms with E-state index in [0.717, 1.165) is 31.5 Å². The largest absolute Gasteiger partial charge is 0.338 e. The van der Waals surface area contributed by atoms with Crippen LogP contribution in [0.4, 0.5) is 0 Å². The first kappa shape index (κ1) is 12.2. The van der Waals surface area contributed by atoms with Crippen LogP contribution in [0.15, 0.2) is 35.4 Å². The third-order valence-corrected chi connectivity index (χ3v) is 3.21. The molecule has 2 nitrogen and oxygen atoms in total. The first-order valence-corrected chi connectivity index (χ1v) is 6.37. The van der Waals surface area contributed by atoms with E-state index in [1.165, 1.54) is 6.42 Å². The molecule has 90 valence electrons. The molecule has 1 aliphatic rings. The predicted molar refractivity (Wildman–Crippen MR) is 70.7 cm³/mol. The minimum Gasteiger partial charge on any atom is -0.338 e. The zero-order valence-electron chi connectivity index (χ0n) is 9.73. The maximum Gasteiger partial charge on any atom is 0.265 e. The van der Waals surface area contributed by atoms with Crippen LogP contribution in [0, 0.1) is 0 Å². The average Bonchev–Trinajstić information content (AvgIpc) is 2.40. The third-order valence-electron chi connectivity index (χ3n) is 2.94. The van der Waals surface area contributed by atoms with Gasteiger partial charge in [-0.05, 0) is 30.9 Å². The lowest BCUT2D eigenvalue weighted by atomic mass is 10.1. The third kappa shape index (κ3) is 3.34. The van der Waals surface area contributed by atoms with Crippen molar-refractivity contribution in [3.63, 3.8) is 0 Å². The van der Waals surface area contributed by atoms with Crippen molar-refractivity contribution in [1.29, 1.82) is 0 Å². The Bertz CT molecular complexity index is 407. The SMILES string of the molecule is O=C(C(Cl)=Cc1ccccc1)N1CCCCC1. The molecule has 1 aliphatic heterocycles. The van der Waals surface area contributed by atoms with Gasteiger partial charge in [0, 0.05) is 13.1 Å². The molecule has 1 amide bonds.